The van der Waals surface area contributed by atoms with Gasteiger partial charge in [0.1, 0.15) is 0 Å². The quantitative estimate of drug-likeness (QED) is 0.677. The average Bonchev–Trinajstić information content (AvgIpc) is 2.26. The molecule has 1 aromatic heterocycles. The molecule has 2 bridgehead atoms. The van der Waals surface area contributed by atoms with Crippen LogP contribution in [0.5, 0.6) is 0 Å². The molecule has 0 unspecified atom stereocenters. The van der Waals surface area contributed by atoms with E-state index < -0.39 is 0 Å². The number of hydrogen-bond acceptors (Lipinski definition) is 3. The van der Waals surface area contributed by atoms with Gasteiger partial charge in [0.15, 0.2) is 0 Å². The maximum Gasteiger partial charge on any atom is 0.345 e. The van der Waals surface area contributed by atoms with Crippen molar-refractivity contribution >= 4 is 0 Å². The smallest absolute Gasteiger partial charge is 0.321 e. The predicted octanol–water partition coefficient (Wildman–Crippen LogP) is 1.40. The van der Waals surface area contributed by atoms with Crippen molar-refractivity contribution < 1.29 is 0 Å². The van der Waals surface area contributed by atoms with E-state index >= 15 is 0 Å². The van der Waals surface area contributed by atoms with Gasteiger partial charge in [0, 0.05) is 35.3 Å². The number of rotatable bonds is 0. The van der Waals surface area contributed by atoms with E-state index in [0.29, 0.717) is 6.42 Å². The maximum atomic E-state index is 11.3. The first-order valence-corrected chi connectivity index (χ1v) is 6.24. The van der Waals surface area contributed by atoms with Crippen LogP contribution in [0.25, 0.3) is 0 Å². The Labute approximate surface area is 106 Å². The Morgan fingerprint density at radius 2 is 2.33 bits per heavy atom. The van der Waals surface area contributed by atoms with E-state index in [1.165, 1.54) is 11.1 Å². The number of nitrogens with zero attached hydrogens (tertiary/aromatic N) is 1. The lowest BCUT2D eigenvalue weighted by atomic mass is 9.64. The molecule has 0 saturated carbocycles. The van der Waals surface area contributed by atoms with E-state index in [2.05, 4.69) is 29.0 Å². The highest BCUT2D eigenvalue weighted by Crippen LogP contribution is 2.46. The van der Waals surface area contributed by atoms with Crippen LogP contribution in [-0.2, 0) is 6.42 Å². The molecule has 0 amide bonds. The molecule has 4 heteroatoms. The lowest BCUT2D eigenvalue weighted by molar-refractivity contribution is 0.424. The summed E-state index contributed by atoms with van der Waals surface area (Å²) < 4.78 is 0. The standard InChI is InChI=1S/C14H17N3O/c1-3-11-9-4-8(2)5-14(11,15)6-12-10(9)7-16-13(18)17-12/h3-4,7,9H,5-6,15H2,1-2H3,(H,16,17,18)/t9-,14-/m1/s1. The molecule has 0 fully saturated rings. The van der Waals surface area contributed by atoms with E-state index in [1.54, 1.807) is 6.20 Å². The third-order valence-electron chi connectivity index (χ3n) is 4.02. The van der Waals surface area contributed by atoms with Gasteiger partial charge in [-0.3, -0.25) is 0 Å². The molecular formula is C14H17N3O. The van der Waals surface area contributed by atoms with Gasteiger partial charge in [-0.05, 0) is 25.8 Å². The number of H-pyrrole nitrogens is 1. The summed E-state index contributed by atoms with van der Waals surface area (Å²) in [7, 11) is 0. The highest BCUT2D eigenvalue weighted by Gasteiger charge is 2.42. The Morgan fingerprint density at radius 3 is 3.06 bits per heavy atom. The maximum absolute atomic E-state index is 11.3. The Morgan fingerprint density at radius 1 is 1.56 bits per heavy atom. The van der Waals surface area contributed by atoms with E-state index in [4.69, 9.17) is 5.73 Å². The number of allylic oxidation sites excluding steroid dienone is 2. The molecule has 1 aromatic rings. The monoisotopic (exact) mass is 243 g/mol. The molecule has 4 nitrogen and oxygen atoms in total. The van der Waals surface area contributed by atoms with Crippen molar-refractivity contribution in [1.29, 1.82) is 0 Å². The zero-order chi connectivity index (χ0) is 12.9. The molecule has 18 heavy (non-hydrogen) atoms. The number of hydrogen-bond donors (Lipinski definition) is 2. The second kappa shape index (κ2) is 3.65. The van der Waals surface area contributed by atoms with Gasteiger partial charge in [-0.2, -0.15) is 0 Å². The Balaban J connectivity index is 2.28. The molecule has 0 radical (unpaired) electrons. The van der Waals surface area contributed by atoms with Gasteiger partial charge in [-0.1, -0.05) is 17.7 Å². The van der Waals surface area contributed by atoms with Gasteiger partial charge in [0.2, 0.25) is 0 Å². The molecular weight excluding hydrogens is 226 g/mol. The van der Waals surface area contributed by atoms with Crippen LogP contribution in [0.15, 0.2) is 34.3 Å². The second-order valence-corrected chi connectivity index (χ2v) is 5.37. The predicted molar refractivity (Wildman–Crippen MR) is 70.4 cm³/mol. The minimum Gasteiger partial charge on any atom is -0.321 e. The summed E-state index contributed by atoms with van der Waals surface area (Å²) in [4.78, 5) is 18.0. The molecule has 0 aliphatic heterocycles. The normalized spacial score (nSPS) is 32.1. The van der Waals surface area contributed by atoms with Crippen molar-refractivity contribution in [2.45, 2.75) is 38.1 Å². The first-order valence-electron chi connectivity index (χ1n) is 6.24. The first kappa shape index (κ1) is 11.4. The van der Waals surface area contributed by atoms with E-state index in [-0.39, 0.29) is 17.1 Å². The molecule has 3 N–H and O–H groups in total. The Hall–Kier alpha value is -1.68. The number of aromatic amines is 1. The molecule has 3 rings (SSSR count). The van der Waals surface area contributed by atoms with Crippen LogP contribution in [-0.4, -0.2) is 15.5 Å². The highest BCUT2D eigenvalue weighted by molar-refractivity contribution is 5.50. The third kappa shape index (κ3) is 1.49. The first-order chi connectivity index (χ1) is 8.53. The van der Waals surface area contributed by atoms with Crippen LogP contribution >= 0.6 is 0 Å². The molecule has 2 aliphatic carbocycles. The molecule has 1 heterocycles. The largest absolute Gasteiger partial charge is 0.345 e. The van der Waals surface area contributed by atoms with Crippen molar-refractivity contribution in [2.24, 2.45) is 5.73 Å². The van der Waals surface area contributed by atoms with E-state index in [1.807, 2.05) is 6.92 Å². The van der Waals surface area contributed by atoms with Crippen molar-refractivity contribution in [3.8, 4) is 0 Å². The average molecular weight is 243 g/mol. The summed E-state index contributed by atoms with van der Waals surface area (Å²) in [5, 5.41) is 0. The van der Waals surface area contributed by atoms with Gasteiger partial charge in [-0.15, -0.1) is 0 Å². The van der Waals surface area contributed by atoms with Gasteiger partial charge in [0.25, 0.3) is 0 Å². The van der Waals surface area contributed by atoms with Crippen LogP contribution in [0.3, 0.4) is 0 Å². The van der Waals surface area contributed by atoms with Crippen LogP contribution in [0, 0.1) is 0 Å². The van der Waals surface area contributed by atoms with Gasteiger partial charge in [0.05, 0.1) is 0 Å². The van der Waals surface area contributed by atoms with E-state index in [9.17, 15) is 4.79 Å². The molecule has 0 saturated heterocycles. The molecule has 0 spiro atoms. The number of aromatic nitrogens is 2. The van der Waals surface area contributed by atoms with Crippen LogP contribution in [0.1, 0.15) is 37.4 Å². The Kier molecular flexibility index (Phi) is 2.32. The van der Waals surface area contributed by atoms with Crippen molar-refractivity contribution in [2.75, 3.05) is 0 Å². The highest BCUT2D eigenvalue weighted by atomic mass is 16.1. The minimum absolute atomic E-state index is 0.168. The lowest BCUT2D eigenvalue weighted by Crippen LogP contribution is -2.51. The summed E-state index contributed by atoms with van der Waals surface area (Å²) >= 11 is 0. The van der Waals surface area contributed by atoms with Gasteiger partial charge < -0.3 is 10.7 Å². The Bertz CT molecular complexity index is 626. The van der Waals surface area contributed by atoms with Crippen molar-refractivity contribution in [1.82, 2.24) is 9.97 Å². The topological polar surface area (TPSA) is 71.8 Å². The fourth-order valence-electron chi connectivity index (χ4n) is 3.40. The van der Waals surface area contributed by atoms with Crippen LogP contribution in [0.2, 0.25) is 0 Å². The third-order valence-corrected chi connectivity index (χ3v) is 4.02. The molecule has 0 aromatic carbocycles. The summed E-state index contributed by atoms with van der Waals surface area (Å²) in [6.45, 7) is 4.15. The summed E-state index contributed by atoms with van der Waals surface area (Å²) in [5.74, 6) is 0.168. The summed E-state index contributed by atoms with van der Waals surface area (Å²) in [6, 6.07) is 0. The van der Waals surface area contributed by atoms with Gasteiger partial charge >= 0.3 is 5.69 Å². The fourth-order valence-corrected chi connectivity index (χ4v) is 3.40. The summed E-state index contributed by atoms with van der Waals surface area (Å²) in [5.41, 5.74) is 10.5. The minimum atomic E-state index is -0.352. The number of nitrogens with two attached hydrogens (primary N) is 1. The molecule has 94 valence electrons. The van der Waals surface area contributed by atoms with Crippen LogP contribution < -0.4 is 11.4 Å². The second-order valence-electron chi connectivity index (χ2n) is 5.37. The number of nitrogens with one attached hydrogen (secondary N) is 1. The molecule has 2 aliphatic rings. The fraction of sp³-hybridized carbons (Fsp3) is 0.429. The summed E-state index contributed by atoms with van der Waals surface area (Å²) in [6.07, 6.45) is 7.57. The SMILES string of the molecule is CC=C1[C@@H]2C=C(C)C[C@@]1(N)Cc1[nH]c(=O)ncc12. The zero-order valence-electron chi connectivity index (χ0n) is 10.7. The lowest BCUT2D eigenvalue weighted by Gasteiger charge is -2.44. The van der Waals surface area contributed by atoms with Crippen LogP contribution in [0.4, 0.5) is 0 Å². The van der Waals surface area contributed by atoms with Crippen molar-refractivity contribution in [3.63, 3.8) is 0 Å². The van der Waals surface area contributed by atoms with Gasteiger partial charge in [-0.25, -0.2) is 9.78 Å². The number of fused-ring (bicyclic) bond motifs is 4. The van der Waals surface area contributed by atoms with E-state index in [0.717, 1.165) is 17.7 Å². The zero-order valence-corrected chi connectivity index (χ0v) is 10.7. The molecule has 2 atom stereocenters. The van der Waals surface area contributed by atoms with Crippen molar-refractivity contribution in [3.05, 3.63) is 51.2 Å².